The Bertz CT molecular complexity index is 168. The van der Waals surface area contributed by atoms with E-state index >= 15 is 0 Å². The van der Waals surface area contributed by atoms with Crippen LogP contribution in [0.5, 0.6) is 0 Å². The quantitative estimate of drug-likeness (QED) is 0.704. The molecule has 0 aliphatic rings. The lowest BCUT2D eigenvalue weighted by Gasteiger charge is -2.30. The van der Waals surface area contributed by atoms with Crippen molar-refractivity contribution in [3.8, 4) is 0 Å². The number of rotatable bonds is 7. The Morgan fingerprint density at radius 1 is 1.20 bits per heavy atom. The molecule has 0 saturated heterocycles. The predicted molar refractivity (Wildman–Crippen MR) is 67.2 cm³/mol. The molecule has 0 bridgehead atoms. The summed E-state index contributed by atoms with van der Waals surface area (Å²) in [5.41, 5.74) is -0.0262. The standard InChI is InChI=1S/C13H29NO/c1-8-10(2)12(4)14-11(3)9-13(5,6)15-7/h10-12,14H,8-9H2,1-7H3. The fraction of sp³-hybridized carbons (Fsp3) is 1.00. The van der Waals surface area contributed by atoms with Crippen LogP contribution in [0.2, 0.25) is 0 Å². The lowest BCUT2D eigenvalue weighted by Crippen LogP contribution is -2.42. The maximum Gasteiger partial charge on any atom is 0.0637 e. The van der Waals surface area contributed by atoms with Crippen LogP contribution in [0.15, 0.2) is 0 Å². The van der Waals surface area contributed by atoms with Gasteiger partial charge in [-0.2, -0.15) is 0 Å². The van der Waals surface area contributed by atoms with Gasteiger partial charge < -0.3 is 10.1 Å². The van der Waals surface area contributed by atoms with Crippen molar-refractivity contribution >= 4 is 0 Å². The van der Waals surface area contributed by atoms with Crippen molar-refractivity contribution in [1.29, 1.82) is 0 Å². The zero-order chi connectivity index (χ0) is 12.1. The zero-order valence-electron chi connectivity index (χ0n) is 11.6. The Kier molecular flexibility index (Phi) is 6.46. The predicted octanol–water partition coefficient (Wildman–Crippen LogP) is 3.21. The van der Waals surface area contributed by atoms with Crippen molar-refractivity contribution in [3.63, 3.8) is 0 Å². The molecular weight excluding hydrogens is 186 g/mol. The van der Waals surface area contributed by atoms with E-state index < -0.39 is 0 Å². The lowest BCUT2D eigenvalue weighted by molar-refractivity contribution is 0.00731. The molecule has 0 aromatic heterocycles. The van der Waals surface area contributed by atoms with Gasteiger partial charge in [0.15, 0.2) is 0 Å². The van der Waals surface area contributed by atoms with Gasteiger partial charge in [0.05, 0.1) is 5.60 Å². The molecule has 3 atom stereocenters. The van der Waals surface area contributed by atoms with Crippen LogP contribution in [0.3, 0.4) is 0 Å². The molecule has 0 fully saturated rings. The molecule has 0 saturated carbocycles. The lowest BCUT2D eigenvalue weighted by atomic mass is 9.96. The maximum atomic E-state index is 5.44. The van der Waals surface area contributed by atoms with E-state index in [-0.39, 0.29) is 5.60 Å². The van der Waals surface area contributed by atoms with Gasteiger partial charge in [-0.25, -0.2) is 0 Å². The van der Waals surface area contributed by atoms with Crippen LogP contribution in [0.4, 0.5) is 0 Å². The molecule has 0 radical (unpaired) electrons. The average molecular weight is 215 g/mol. The van der Waals surface area contributed by atoms with E-state index in [1.54, 1.807) is 7.11 Å². The Morgan fingerprint density at radius 2 is 1.73 bits per heavy atom. The number of ether oxygens (including phenoxy) is 1. The summed E-state index contributed by atoms with van der Waals surface area (Å²) >= 11 is 0. The van der Waals surface area contributed by atoms with Crippen molar-refractivity contribution in [1.82, 2.24) is 5.32 Å². The van der Waals surface area contributed by atoms with Crippen LogP contribution >= 0.6 is 0 Å². The summed E-state index contributed by atoms with van der Waals surface area (Å²) in [6.07, 6.45) is 2.28. The first kappa shape index (κ1) is 14.9. The van der Waals surface area contributed by atoms with Gasteiger partial charge in [0.25, 0.3) is 0 Å². The van der Waals surface area contributed by atoms with Crippen LogP contribution in [0.25, 0.3) is 0 Å². The van der Waals surface area contributed by atoms with E-state index in [2.05, 4.69) is 46.9 Å². The third-order valence-electron chi connectivity index (χ3n) is 3.40. The Hall–Kier alpha value is -0.0800. The van der Waals surface area contributed by atoms with E-state index in [4.69, 9.17) is 4.74 Å². The molecule has 0 aliphatic heterocycles. The molecule has 0 spiro atoms. The van der Waals surface area contributed by atoms with E-state index in [9.17, 15) is 0 Å². The summed E-state index contributed by atoms with van der Waals surface area (Å²) in [6.45, 7) is 13.3. The van der Waals surface area contributed by atoms with Crippen LogP contribution in [0, 0.1) is 5.92 Å². The fourth-order valence-electron chi connectivity index (χ4n) is 1.85. The molecule has 0 aromatic rings. The summed E-state index contributed by atoms with van der Waals surface area (Å²) in [4.78, 5) is 0. The van der Waals surface area contributed by atoms with E-state index in [1.807, 2.05) is 0 Å². The van der Waals surface area contributed by atoms with Crippen molar-refractivity contribution in [2.45, 2.75) is 72.1 Å². The second-order valence-corrected chi connectivity index (χ2v) is 5.41. The first-order chi connectivity index (χ1) is 6.82. The number of hydrogen-bond acceptors (Lipinski definition) is 2. The van der Waals surface area contributed by atoms with Gasteiger partial charge in [0.2, 0.25) is 0 Å². The van der Waals surface area contributed by atoms with Gasteiger partial charge in [-0.3, -0.25) is 0 Å². The minimum absolute atomic E-state index is 0.0262. The maximum absolute atomic E-state index is 5.44. The van der Waals surface area contributed by atoms with Crippen LogP contribution in [-0.2, 0) is 4.74 Å². The summed E-state index contributed by atoms with van der Waals surface area (Å²) in [7, 11) is 1.78. The molecule has 0 aromatic carbocycles. The van der Waals surface area contributed by atoms with Crippen molar-refractivity contribution in [2.24, 2.45) is 5.92 Å². The molecule has 92 valence electrons. The van der Waals surface area contributed by atoms with E-state index in [0.717, 1.165) is 12.3 Å². The molecule has 0 aliphatic carbocycles. The van der Waals surface area contributed by atoms with E-state index in [0.29, 0.717) is 12.1 Å². The van der Waals surface area contributed by atoms with E-state index in [1.165, 1.54) is 6.42 Å². The highest BCUT2D eigenvalue weighted by atomic mass is 16.5. The van der Waals surface area contributed by atoms with Crippen LogP contribution in [0.1, 0.15) is 54.4 Å². The highest BCUT2D eigenvalue weighted by molar-refractivity contribution is 4.78. The summed E-state index contributed by atoms with van der Waals surface area (Å²) in [5.74, 6) is 0.734. The minimum atomic E-state index is -0.0262. The summed E-state index contributed by atoms with van der Waals surface area (Å²) < 4.78 is 5.44. The van der Waals surface area contributed by atoms with Crippen LogP contribution < -0.4 is 5.32 Å². The highest BCUT2D eigenvalue weighted by Crippen LogP contribution is 2.17. The molecule has 0 heterocycles. The Morgan fingerprint density at radius 3 is 2.13 bits per heavy atom. The highest BCUT2D eigenvalue weighted by Gasteiger charge is 2.21. The Labute approximate surface area is 95.8 Å². The van der Waals surface area contributed by atoms with Gasteiger partial charge in [-0.15, -0.1) is 0 Å². The smallest absolute Gasteiger partial charge is 0.0637 e. The van der Waals surface area contributed by atoms with Gasteiger partial charge in [0, 0.05) is 19.2 Å². The van der Waals surface area contributed by atoms with Gasteiger partial charge in [0.1, 0.15) is 0 Å². The molecule has 2 heteroatoms. The van der Waals surface area contributed by atoms with Crippen LogP contribution in [-0.4, -0.2) is 24.8 Å². The topological polar surface area (TPSA) is 21.3 Å². The van der Waals surface area contributed by atoms with Gasteiger partial charge in [-0.05, 0) is 40.0 Å². The molecule has 3 unspecified atom stereocenters. The monoisotopic (exact) mass is 215 g/mol. The normalized spacial score (nSPS) is 18.6. The SMILES string of the molecule is CCC(C)C(C)NC(C)CC(C)(C)OC. The minimum Gasteiger partial charge on any atom is -0.379 e. The second-order valence-electron chi connectivity index (χ2n) is 5.41. The molecule has 0 amide bonds. The van der Waals surface area contributed by atoms with Gasteiger partial charge in [-0.1, -0.05) is 20.3 Å². The molecule has 15 heavy (non-hydrogen) atoms. The first-order valence-corrected chi connectivity index (χ1v) is 6.13. The number of methoxy groups -OCH3 is 1. The van der Waals surface area contributed by atoms with Crippen molar-refractivity contribution < 1.29 is 4.74 Å². The summed E-state index contributed by atoms with van der Waals surface area (Å²) in [5, 5.41) is 3.64. The molecule has 0 rings (SSSR count). The van der Waals surface area contributed by atoms with Gasteiger partial charge >= 0.3 is 0 Å². The molecule has 2 nitrogen and oxygen atoms in total. The molecular formula is C13H29NO. The Balaban J connectivity index is 3.98. The van der Waals surface area contributed by atoms with Crippen molar-refractivity contribution in [2.75, 3.05) is 7.11 Å². The number of nitrogens with one attached hydrogen (secondary N) is 1. The van der Waals surface area contributed by atoms with Crippen molar-refractivity contribution in [3.05, 3.63) is 0 Å². The third kappa shape index (κ3) is 6.16. The molecule has 1 N–H and O–H groups in total. The number of hydrogen-bond donors (Lipinski definition) is 1. The average Bonchev–Trinajstić information content (AvgIpc) is 2.15. The summed E-state index contributed by atoms with van der Waals surface area (Å²) in [6, 6.07) is 1.08. The largest absolute Gasteiger partial charge is 0.379 e. The zero-order valence-corrected chi connectivity index (χ0v) is 11.6. The first-order valence-electron chi connectivity index (χ1n) is 6.13. The second kappa shape index (κ2) is 6.49. The third-order valence-corrected chi connectivity index (χ3v) is 3.40. The fourth-order valence-corrected chi connectivity index (χ4v) is 1.85.